The largest absolute Gasteiger partial charge is 0.497 e. The molecule has 1 aromatic heterocycles. The van der Waals surface area contributed by atoms with Crippen LogP contribution in [0.2, 0.25) is 0 Å². The third kappa shape index (κ3) is 3.79. The molecule has 0 amide bonds. The smallest absolute Gasteiger partial charge is 0.465 e. The van der Waals surface area contributed by atoms with Crippen LogP contribution >= 0.6 is 0 Å². The van der Waals surface area contributed by atoms with Gasteiger partial charge in [0.2, 0.25) is 0 Å². The van der Waals surface area contributed by atoms with Gasteiger partial charge < -0.3 is 18.8 Å². The number of esters is 1. The second-order valence-corrected chi connectivity index (χ2v) is 9.21. The summed E-state index contributed by atoms with van der Waals surface area (Å²) >= 11 is 0. The van der Waals surface area contributed by atoms with E-state index in [1.54, 1.807) is 45.2 Å². The van der Waals surface area contributed by atoms with E-state index in [2.05, 4.69) is 0 Å². The number of hydrogen-bond acceptors (Lipinski definition) is 6. The van der Waals surface area contributed by atoms with E-state index in [9.17, 15) is 9.59 Å². The lowest BCUT2D eigenvalue weighted by Gasteiger charge is -2.32. The van der Waals surface area contributed by atoms with Crippen molar-refractivity contribution in [3.63, 3.8) is 0 Å². The molecule has 0 N–H and O–H groups in total. The number of rotatable bonds is 2. The first kappa shape index (κ1) is 21.4. The Bertz CT molecular complexity index is 953. The molecule has 1 aliphatic rings. The minimum Gasteiger partial charge on any atom is -0.465 e. The summed E-state index contributed by atoms with van der Waals surface area (Å²) in [7, 11) is 0.567. The fraction of sp³-hybridized carbons (Fsp3) is 0.524. The quantitative estimate of drug-likeness (QED) is 0.566. The van der Waals surface area contributed by atoms with Gasteiger partial charge in [-0.05, 0) is 60.6 Å². The van der Waals surface area contributed by atoms with Gasteiger partial charge in [-0.15, -0.1) is 0 Å². The fourth-order valence-corrected chi connectivity index (χ4v) is 3.21. The number of aromatic nitrogens is 1. The standard InChI is InChI=1S/C21H28BNO6/c1-19(2,3)27-18(25)23-12-14(22-28-20(4,5)21(6,7)29-22)16-13(17(24)26-8)10-9-11-15(16)23/h9-12H,1-8H3. The first-order valence-electron chi connectivity index (χ1n) is 9.59. The first-order chi connectivity index (χ1) is 13.3. The average molecular weight is 401 g/mol. The van der Waals surface area contributed by atoms with Crippen molar-refractivity contribution in [3.05, 3.63) is 30.0 Å². The summed E-state index contributed by atoms with van der Waals surface area (Å²) in [6, 6.07) is 5.10. The van der Waals surface area contributed by atoms with Crippen LogP contribution in [0.5, 0.6) is 0 Å². The van der Waals surface area contributed by atoms with Crippen LogP contribution in [0.25, 0.3) is 10.9 Å². The Labute approximate surface area is 171 Å². The number of carbonyl (C=O) groups is 2. The van der Waals surface area contributed by atoms with Gasteiger partial charge in [-0.2, -0.15) is 0 Å². The van der Waals surface area contributed by atoms with E-state index in [0.29, 0.717) is 21.9 Å². The van der Waals surface area contributed by atoms with Gasteiger partial charge in [-0.25, -0.2) is 9.59 Å². The van der Waals surface area contributed by atoms with Gasteiger partial charge >= 0.3 is 19.2 Å². The zero-order valence-electron chi connectivity index (χ0n) is 18.3. The van der Waals surface area contributed by atoms with Crippen LogP contribution in [-0.2, 0) is 18.8 Å². The molecular formula is C21H28BNO6. The second-order valence-electron chi connectivity index (χ2n) is 9.21. The van der Waals surface area contributed by atoms with Crippen LogP contribution in [0.15, 0.2) is 24.4 Å². The van der Waals surface area contributed by atoms with Gasteiger partial charge in [-0.3, -0.25) is 4.57 Å². The highest BCUT2D eigenvalue weighted by atomic mass is 16.7. The van der Waals surface area contributed by atoms with Crippen LogP contribution in [-0.4, -0.2) is 47.7 Å². The van der Waals surface area contributed by atoms with Crippen molar-refractivity contribution in [2.75, 3.05) is 7.11 Å². The van der Waals surface area contributed by atoms with E-state index in [1.165, 1.54) is 11.7 Å². The Hall–Kier alpha value is -2.32. The molecule has 2 aromatic rings. The molecule has 1 saturated heterocycles. The summed E-state index contributed by atoms with van der Waals surface area (Å²) in [5.41, 5.74) is -0.386. The molecule has 0 spiro atoms. The summed E-state index contributed by atoms with van der Waals surface area (Å²) in [5.74, 6) is -0.504. The molecule has 156 valence electrons. The summed E-state index contributed by atoms with van der Waals surface area (Å²) in [6.45, 7) is 13.2. The van der Waals surface area contributed by atoms with Crippen LogP contribution in [0.3, 0.4) is 0 Å². The highest BCUT2D eigenvalue weighted by molar-refractivity contribution is 6.65. The molecule has 2 heterocycles. The number of fused-ring (bicyclic) bond motifs is 1. The summed E-state index contributed by atoms with van der Waals surface area (Å²) in [5, 5.41) is 0.545. The van der Waals surface area contributed by atoms with Crippen molar-refractivity contribution in [1.82, 2.24) is 4.57 Å². The lowest BCUT2D eigenvalue weighted by molar-refractivity contribution is 0.00578. The predicted octanol–water partition coefficient (Wildman–Crippen LogP) is 3.51. The minimum atomic E-state index is -0.753. The Morgan fingerprint density at radius 3 is 2.17 bits per heavy atom. The van der Waals surface area contributed by atoms with E-state index >= 15 is 0 Å². The number of ether oxygens (including phenoxy) is 2. The van der Waals surface area contributed by atoms with Gasteiger partial charge in [0, 0.05) is 17.0 Å². The van der Waals surface area contributed by atoms with E-state index in [0.717, 1.165) is 0 Å². The number of hydrogen-bond donors (Lipinski definition) is 0. The number of methoxy groups -OCH3 is 1. The van der Waals surface area contributed by atoms with Crippen LogP contribution in [0.1, 0.15) is 58.8 Å². The monoisotopic (exact) mass is 401 g/mol. The number of benzene rings is 1. The van der Waals surface area contributed by atoms with Gasteiger partial charge in [-0.1, -0.05) is 6.07 Å². The third-order valence-corrected chi connectivity index (χ3v) is 5.36. The van der Waals surface area contributed by atoms with E-state index < -0.39 is 36.0 Å². The van der Waals surface area contributed by atoms with Crippen LogP contribution in [0.4, 0.5) is 4.79 Å². The molecule has 3 rings (SSSR count). The van der Waals surface area contributed by atoms with Crippen molar-refractivity contribution in [2.24, 2.45) is 0 Å². The molecule has 1 aliphatic heterocycles. The normalized spacial score (nSPS) is 18.1. The highest BCUT2D eigenvalue weighted by Gasteiger charge is 2.52. The lowest BCUT2D eigenvalue weighted by atomic mass is 9.78. The molecule has 0 saturated carbocycles. The number of nitrogens with zero attached hydrogens (tertiary/aromatic N) is 1. The van der Waals surface area contributed by atoms with Crippen LogP contribution < -0.4 is 5.46 Å². The topological polar surface area (TPSA) is 76.0 Å². The Kier molecular flexibility index (Phi) is 5.08. The maximum Gasteiger partial charge on any atom is 0.497 e. The van der Waals surface area contributed by atoms with Crippen molar-refractivity contribution >= 4 is 35.5 Å². The van der Waals surface area contributed by atoms with E-state index in [1.807, 2.05) is 27.7 Å². The third-order valence-electron chi connectivity index (χ3n) is 5.36. The SMILES string of the molecule is COC(=O)c1cccc2c1c(B1OC(C)(C)C(C)(C)O1)cn2C(=O)OC(C)(C)C. The summed E-state index contributed by atoms with van der Waals surface area (Å²) in [4.78, 5) is 25.3. The minimum absolute atomic E-state index is 0.331. The Morgan fingerprint density at radius 2 is 1.66 bits per heavy atom. The van der Waals surface area contributed by atoms with Gasteiger partial charge in [0.15, 0.2) is 0 Å². The molecule has 0 radical (unpaired) electrons. The molecule has 0 unspecified atom stereocenters. The van der Waals surface area contributed by atoms with Crippen LogP contribution in [0, 0.1) is 0 Å². The molecule has 0 aliphatic carbocycles. The van der Waals surface area contributed by atoms with Crippen molar-refractivity contribution in [1.29, 1.82) is 0 Å². The fourth-order valence-electron chi connectivity index (χ4n) is 3.21. The molecule has 0 bridgehead atoms. The Morgan fingerprint density at radius 1 is 1.07 bits per heavy atom. The van der Waals surface area contributed by atoms with Gasteiger partial charge in [0.05, 0.1) is 29.4 Å². The maximum absolute atomic E-state index is 12.9. The zero-order chi connectivity index (χ0) is 21.8. The molecule has 1 fully saturated rings. The Balaban J connectivity index is 2.21. The average Bonchev–Trinajstić information content (AvgIpc) is 3.07. The molecule has 8 heteroatoms. The van der Waals surface area contributed by atoms with Crippen molar-refractivity contribution < 1.29 is 28.4 Å². The predicted molar refractivity (Wildman–Crippen MR) is 111 cm³/mol. The van der Waals surface area contributed by atoms with E-state index in [-0.39, 0.29) is 0 Å². The van der Waals surface area contributed by atoms with E-state index in [4.69, 9.17) is 18.8 Å². The second kappa shape index (κ2) is 6.88. The molecule has 1 aromatic carbocycles. The van der Waals surface area contributed by atoms with Gasteiger partial charge in [0.25, 0.3) is 0 Å². The van der Waals surface area contributed by atoms with Crippen molar-refractivity contribution in [2.45, 2.75) is 65.3 Å². The summed E-state index contributed by atoms with van der Waals surface area (Å²) < 4.78 is 24.2. The molecule has 0 atom stereocenters. The highest BCUT2D eigenvalue weighted by Crippen LogP contribution is 2.37. The molecule has 29 heavy (non-hydrogen) atoms. The molecular weight excluding hydrogens is 373 g/mol. The molecule has 7 nitrogen and oxygen atoms in total. The first-order valence-corrected chi connectivity index (χ1v) is 9.59. The zero-order valence-corrected chi connectivity index (χ0v) is 18.3. The maximum atomic E-state index is 12.9. The van der Waals surface area contributed by atoms with Crippen molar-refractivity contribution in [3.8, 4) is 0 Å². The summed E-state index contributed by atoms with van der Waals surface area (Å²) in [6.07, 6.45) is 1.07. The number of carbonyl (C=O) groups excluding carboxylic acids is 2. The lowest BCUT2D eigenvalue weighted by Crippen LogP contribution is -2.41. The van der Waals surface area contributed by atoms with Gasteiger partial charge in [0.1, 0.15) is 5.60 Å².